The smallest absolute Gasteiger partial charge is 0.417 e. The number of aromatic amines is 1. The highest BCUT2D eigenvalue weighted by Crippen LogP contribution is 2.32. The number of rotatable bonds is 4. The van der Waals surface area contributed by atoms with Gasteiger partial charge in [-0.1, -0.05) is 29.3 Å². The molecule has 1 aromatic heterocycles. The first kappa shape index (κ1) is 20.4. The fourth-order valence-corrected chi connectivity index (χ4v) is 5.22. The fraction of sp³-hybridized carbons (Fsp3) is 0.364. The Morgan fingerprint density at radius 3 is 2.45 bits per heavy atom. The lowest BCUT2D eigenvalue weighted by atomic mass is 10.0. The number of H-pyrrole nitrogens is 1. The molecule has 2 saturated heterocycles. The molecule has 2 aliphatic heterocycles. The molecule has 31 heavy (non-hydrogen) atoms. The van der Waals surface area contributed by atoms with Crippen LogP contribution in [0.15, 0.2) is 45.6 Å². The summed E-state index contributed by atoms with van der Waals surface area (Å²) in [5, 5.41) is 1.04. The minimum Gasteiger partial charge on any atom is -0.445 e. The third-order valence-corrected chi connectivity index (χ3v) is 6.43. The summed E-state index contributed by atoms with van der Waals surface area (Å²) >= 11 is 12.0. The highest BCUT2D eigenvalue weighted by molar-refractivity contribution is 6.34. The second-order valence-corrected chi connectivity index (χ2v) is 9.17. The zero-order valence-electron chi connectivity index (χ0n) is 16.6. The Kier molecular flexibility index (Phi) is 5.42. The molecule has 0 bridgehead atoms. The summed E-state index contributed by atoms with van der Waals surface area (Å²) in [7, 11) is 0. The van der Waals surface area contributed by atoms with Crippen LogP contribution in [-0.4, -0.2) is 47.1 Å². The van der Waals surface area contributed by atoms with Crippen molar-refractivity contribution in [3.63, 3.8) is 0 Å². The normalized spacial score (nSPS) is 21.0. The maximum atomic E-state index is 12.5. The number of hydrogen-bond acceptors (Lipinski definition) is 5. The van der Waals surface area contributed by atoms with Crippen LogP contribution in [0, 0.1) is 11.8 Å². The van der Waals surface area contributed by atoms with Gasteiger partial charge < -0.3 is 14.1 Å². The molecule has 0 radical (unpaired) electrons. The fourth-order valence-electron chi connectivity index (χ4n) is 4.65. The lowest BCUT2D eigenvalue weighted by molar-refractivity contribution is 0.0997. The molecular formula is C22H21Cl2N3O4. The van der Waals surface area contributed by atoms with E-state index in [1.807, 2.05) is 18.2 Å². The lowest BCUT2D eigenvalue weighted by Gasteiger charge is -2.21. The predicted molar refractivity (Wildman–Crippen MR) is 117 cm³/mol. The minimum absolute atomic E-state index is 0.148. The van der Waals surface area contributed by atoms with Crippen molar-refractivity contribution < 1.29 is 13.9 Å². The highest BCUT2D eigenvalue weighted by Gasteiger charge is 2.42. The van der Waals surface area contributed by atoms with Crippen LogP contribution in [0.3, 0.4) is 0 Å². The van der Waals surface area contributed by atoms with Gasteiger partial charge in [-0.15, -0.1) is 0 Å². The molecule has 3 aromatic rings. The summed E-state index contributed by atoms with van der Waals surface area (Å²) < 4.78 is 10.6. The van der Waals surface area contributed by atoms with Crippen molar-refractivity contribution in [3.05, 3.63) is 68.1 Å². The number of carbonyl (C=O) groups excluding carboxylic acids is 1. The van der Waals surface area contributed by atoms with E-state index in [0.717, 1.165) is 30.8 Å². The molecule has 9 heteroatoms. The molecule has 1 amide bonds. The molecule has 0 unspecified atom stereocenters. The standard InChI is InChI=1S/C22H21Cl2N3O4/c23-17-3-14(4-18(24)6-17)12-30-22(29)27-10-15-8-26(9-16(15)11-27)7-13-1-2-19-20(5-13)31-21(28)25-19/h1-6,15-16H,7-12H2,(H,25,28)/t15-,16-/m0/s1. The van der Waals surface area contributed by atoms with Crippen LogP contribution in [0.4, 0.5) is 4.79 Å². The average molecular weight is 462 g/mol. The average Bonchev–Trinajstić information content (AvgIpc) is 3.37. The van der Waals surface area contributed by atoms with Gasteiger partial charge >= 0.3 is 11.8 Å². The van der Waals surface area contributed by atoms with Gasteiger partial charge in [0.1, 0.15) is 6.61 Å². The maximum Gasteiger partial charge on any atom is 0.417 e. The second kappa shape index (κ2) is 8.22. The summed E-state index contributed by atoms with van der Waals surface area (Å²) in [5.41, 5.74) is 3.16. The number of nitrogens with one attached hydrogen (secondary N) is 1. The monoisotopic (exact) mass is 461 g/mol. The Hall–Kier alpha value is -2.48. The van der Waals surface area contributed by atoms with Crippen LogP contribution in [0.25, 0.3) is 11.1 Å². The Morgan fingerprint density at radius 2 is 1.74 bits per heavy atom. The van der Waals surface area contributed by atoms with Gasteiger partial charge in [-0.2, -0.15) is 0 Å². The lowest BCUT2D eigenvalue weighted by Crippen LogP contribution is -2.33. The van der Waals surface area contributed by atoms with Crippen LogP contribution in [0.2, 0.25) is 10.0 Å². The highest BCUT2D eigenvalue weighted by atomic mass is 35.5. The van der Waals surface area contributed by atoms with Gasteiger partial charge in [0.15, 0.2) is 5.58 Å². The van der Waals surface area contributed by atoms with E-state index in [1.54, 1.807) is 23.1 Å². The molecule has 2 aromatic carbocycles. The quantitative estimate of drug-likeness (QED) is 0.631. The molecule has 2 aliphatic rings. The number of carbonyl (C=O) groups is 1. The van der Waals surface area contributed by atoms with E-state index in [1.165, 1.54) is 0 Å². The third kappa shape index (κ3) is 4.44. The van der Waals surface area contributed by atoms with Crippen molar-refractivity contribution in [1.82, 2.24) is 14.8 Å². The number of likely N-dealkylation sites (tertiary alicyclic amines) is 2. The van der Waals surface area contributed by atoms with E-state index in [0.29, 0.717) is 46.1 Å². The maximum absolute atomic E-state index is 12.5. The predicted octanol–water partition coefficient (Wildman–Crippen LogP) is 4.13. The van der Waals surface area contributed by atoms with E-state index in [-0.39, 0.29) is 12.7 Å². The number of halogens is 2. The summed E-state index contributed by atoms with van der Waals surface area (Å²) in [6.07, 6.45) is -0.301. The van der Waals surface area contributed by atoms with Gasteiger partial charge in [-0.3, -0.25) is 9.88 Å². The molecule has 1 N–H and O–H groups in total. The molecule has 162 valence electrons. The first-order valence-electron chi connectivity index (χ1n) is 10.1. The number of aromatic nitrogens is 1. The van der Waals surface area contributed by atoms with Crippen LogP contribution in [0.1, 0.15) is 11.1 Å². The van der Waals surface area contributed by atoms with Crippen LogP contribution in [-0.2, 0) is 17.9 Å². The largest absolute Gasteiger partial charge is 0.445 e. The Morgan fingerprint density at radius 1 is 1.03 bits per heavy atom. The van der Waals surface area contributed by atoms with Gasteiger partial charge in [-0.05, 0) is 53.3 Å². The first-order valence-corrected chi connectivity index (χ1v) is 10.9. The minimum atomic E-state index is -0.437. The molecule has 0 aliphatic carbocycles. The summed E-state index contributed by atoms with van der Waals surface area (Å²) in [6, 6.07) is 10.9. The van der Waals surface area contributed by atoms with E-state index >= 15 is 0 Å². The van der Waals surface area contributed by atoms with Crippen LogP contribution >= 0.6 is 23.2 Å². The zero-order chi connectivity index (χ0) is 21.5. The number of ether oxygens (including phenoxy) is 1. The van der Waals surface area contributed by atoms with Gasteiger partial charge in [0.25, 0.3) is 0 Å². The Balaban J connectivity index is 1.14. The SMILES string of the molecule is O=C(OCc1cc(Cl)cc(Cl)c1)N1C[C@@H]2CN(Cc3ccc4[nH]c(=O)oc4c3)C[C@H]2C1. The molecule has 0 saturated carbocycles. The number of oxazole rings is 1. The zero-order valence-corrected chi connectivity index (χ0v) is 18.2. The van der Waals surface area contributed by atoms with Crippen LogP contribution in [0.5, 0.6) is 0 Å². The molecule has 2 atom stereocenters. The van der Waals surface area contributed by atoms with Gasteiger partial charge in [0.05, 0.1) is 5.52 Å². The number of hydrogen-bond donors (Lipinski definition) is 1. The number of nitrogens with zero attached hydrogens (tertiary/aromatic N) is 2. The van der Waals surface area contributed by atoms with E-state index in [4.69, 9.17) is 32.4 Å². The van der Waals surface area contributed by atoms with Gasteiger partial charge in [0.2, 0.25) is 0 Å². The number of fused-ring (bicyclic) bond motifs is 2. The van der Waals surface area contributed by atoms with Crippen molar-refractivity contribution >= 4 is 40.4 Å². The molecule has 2 fully saturated rings. The van der Waals surface area contributed by atoms with Crippen molar-refractivity contribution in [2.24, 2.45) is 11.8 Å². The summed E-state index contributed by atoms with van der Waals surface area (Å²) in [4.78, 5) is 30.7. The van der Waals surface area contributed by atoms with Crippen molar-refractivity contribution in [1.29, 1.82) is 0 Å². The molecule has 7 nitrogen and oxygen atoms in total. The van der Waals surface area contributed by atoms with Crippen molar-refractivity contribution in [2.75, 3.05) is 26.2 Å². The van der Waals surface area contributed by atoms with Gasteiger partial charge in [-0.25, -0.2) is 9.59 Å². The molecule has 3 heterocycles. The van der Waals surface area contributed by atoms with E-state index in [9.17, 15) is 9.59 Å². The first-order chi connectivity index (χ1) is 14.9. The van der Waals surface area contributed by atoms with Crippen LogP contribution < -0.4 is 5.76 Å². The summed E-state index contributed by atoms with van der Waals surface area (Å²) in [6.45, 7) is 4.18. The third-order valence-electron chi connectivity index (χ3n) is 6.00. The second-order valence-electron chi connectivity index (χ2n) is 8.30. The molecule has 5 rings (SSSR count). The van der Waals surface area contributed by atoms with E-state index in [2.05, 4.69) is 9.88 Å². The summed E-state index contributed by atoms with van der Waals surface area (Å²) in [5.74, 6) is 0.428. The Bertz CT molecular complexity index is 1160. The number of benzene rings is 2. The molecular weight excluding hydrogens is 441 g/mol. The van der Waals surface area contributed by atoms with Crippen molar-refractivity contribution in [2.45, 2.75) is 13.2 Å². The van der Waals surface area contributed by atoms with Crippen molar-refractivity contribution in [3.8, 4) is 0 Å². The topological polar surface area (TPSA) is 78.8 Å². The van der Waals surface area contributed by atoms with E-state index < -0.39 is 5.76 Å². The number of amides is 1. The Labute approximate surface area is 188 Å². The van der Waals surface area contributed by atoms with Gasteiger partial charge in [0, 0.05) is 42.8 Å². The molecule has 0 spiro atoms.